The van der Waals surface area contributed by atoms with Gasteiger partial charge >= 0.3 is 0 Å². The van der Waals surface area contributed by atoms with Crippen LogP contribution in [-0.2, 0) is 0 Å². The summed E-state index contributed by atoms with van der Waals surface area (Å²) in [4.78, 5) is 0. The Labute approximate surface area is 87.1 Å². The van der Waals surface area contributed by atoms with Crippen molar-refractivity contribution in [1.29, 1.82) is 5.41 Å². The Balaban J connectivity index is 2.93. The van der Waals surface area contributed by atoms with Gasteiger partial charge in [0.2, 0.25) is 0 Å². The minimum atomic E-state index is 0.367. The lowest BCUT2D eigenvalue weighted by atomic mass is 9.89. The number of nitrogens with two attached hydrogens (primary N) is 1. The van der Waals surface area contributed by atoms with Gasteiger partial charge in [0.05, 0.1) is 0 Å². The molecule has 3 N–H and O–H groups in total. The van der Waals surface area contributed by atoms with Crippen LogP contribution < -0.4 is 5.73 Å². The molecule has 0 aromatic rings. The number of rotatable bonds is 3. The lowest BCUT2D eigenvalue weighted by Crippen LogP contribution is -2.18. The maximum Gasteiger partial charge on any atom is 0.0334 e. The molecule has 1 rings (SSSR count). The van der Waals surface area contributed by atoms with Crippen molar-refractivity contribution in [2.45, 2.75) is 46.5 Å². The molecular weight excluding hydrogens is 172 g/mol. The Morgan fingerprint density at radius 2 is 1.79 bits per heavy atom. The Kier molecular flexibility index (Phi) is 3.73. The van der Waals surface area contributed by atoms with E-state index in [1.54, 1.807) is 0 Å². The van der Waals surface area contributed by atoms with Gasteiger partial charge in [-0.25, -0.2) is 0 Å². The maximum atomic E-state index is 7.80. The van der Waals surface area contributed by atoms with Gasteiger partial charge < -0.3 is 11.1 Å². The fourth-order valence-corrected chi connectivity index (χ4v) is 2.28. The first-order valence-electron chi connectivity index (χ1n) is 5.59. The fraction of sp³-hybridized carbons (Fsp3) is 0.750. The molecule has 0 bridgehead atoms. The first-order valence-corrected chi connectivity index (χ1v) is 5.59. The predicted molar refractivity (Wildman–Crippen MR) is 61.4 cm³/mol. The van der Waals surface area contributed by atoms with Crippen LogP contribution in [0.2, 0.25) is 0 Å². The minimum absolute atomic E-state index is 0.367. The van der Waals surface area contributed by atoms with Crippen LogP contribution in [0.5, 0.6) is 0 Å². The Hall–Kier alpha value is -0.790. The molecule has 2 nitrogen and oxygen atoms in total. The highest BCUT2D eigenvalue weighted by Crippen LogP contribution is 2.33. The zero-order valence-electron chi connectivity index (χ0n) is 9.56. The second-order valence-electron chi connectivity index (χ2n) is 4.63. The molecule has 0 heterocycles. The second-order valence-corrected chi connectivity index (χ2v) is 4.63. The molecule has 1 fully saturated rings. The van der Waals surface area contributed by atoms with Crippen LogP contribution >= 0.6 is 0 Å². The molecule has 0 amide bonds. The van der Waals surface area contributed by atoms with Gasteiger partial charge in [0.15, 0.2) is 0 Å². The van der Waals surface area contributed by atoms with E-state index in [9.17, 15) is 0 Å². The fourth-order valence-electron chi connectivity index (χ4n) is 2.28. The van der Waals surface area contributed by atoms with E-state index >= 15 is 0 Å². The van der Waals surface area contributed by atoms with Crippen LogP contribution in [0.15, 0.2) is 11.3 Å². The third kappa shape index (κ3) is 2.37. The summed E-state index contributed by atoms with van der Waals surface area (Å²) in [5.41, 5.74) is 8.82. The molecule has 0 radical (unpaired) electrons. The molecule has 0 atom stereocenters. The third-order valence-electron chi connectivity index (χ3n) is 3.10. The van der Waals surface area contributed by atoms with Crippen molar-refractivity contribution in [2.24, 2.45) is 17.6 Å². The van der Waals surface area contributed by atoms with Crippen molar-refractivity contribution >= 4 is 5.71 Å². The molecule has 1 aliphatic rings. The van der Waals surface area contributed by atoms with E-state index in [0.29, 0.717) is 17.5 Å². The molecule has 0 aliphatic heterocycles. The lowest BCUT2D eigenvalue weighted by Gasteiger charge is -2.19. The molecule has 0 unspecified atom stereocenters. The summed E-state index contributed by atoms with van der Waals surface area (Å²) in [6, 6.07) is 0. The van der Waals surface area contributed by atoms with Crippen LogP contribution in [0.1, 0.15) is 46.5 Å². The third-order valence-corrected chi connectivity index (χ3v) is 3.10. The monoisotopic (exact) mass is 194 g/mol. The topological polar surface area (TPSA) is 49.9 Å². The zero-order chi connectivity index (χ0) is 10.7. The van der Waals surface area contributed by atoms with Gasteiger partial charge in [-0.05, 0) is 37.2 Å². The summed E-state index contributed by atoms with van der Waals surface area (Å²) in [5.74, 6) is 0.931. The molecule has 2 heteroatoms. The van der Waals surface area contributed by atoms with Crippen molar-refractivity contribution in [3.8, 4) is 0 Å². The Bertz CT molecular complexity index is 245. The highest BCUT2D eigenvalue weighted by Gasteiger charge is 2.23. The summed E-state index contributed by atoms with van der Waals surface area (Å²) in [6.45, 7) is 6.07. The van der Waals surface area contributed by atoms with Crippen LogP contribution in [0.4, 0.5) is 0 Å². The number of allylic oxidation sites excluding steroid dienone is 2. The summed E-state index contributed by atoms with van der Waals surface area (Å²) in [5, 5.41) is 7.80. The van der Waals surface area contributed by atoms with E-state index in [1.807, 2.05) is 6.92 Å². The molecular formula is C12H22N2. The van der Waals surface area contributed by atoms with Gasteiger partial charge in [0.1, 0.15) is 0 Å². The van der Waals surface area contributed by atoms with Crippen LogP contribution in [0.3, 0.4) is 0 Å². The van der Waals surface area contributed by atoms with Crippen molar-refractivity contribution < 1.29 is 0 Å². The second kappa shape index (κ2) is 4.63. The maximum absolute atomic E-state index is 7.80. The van der Waals surface area contributed by atoms with Gasteiger partial charge in [-0.15, -0.1) is 0 Å². The summed E-state index contributed by atoms with van der Waals surface area (Å²) in [7, 11) is 0. The van der Waals surface area contributed by atoms with Gasteiger partial charge in [0.25, 0.3) is 0 Å². The van der Waals surface area contributed by atoms with Crippen LogP contribution in [0.25, 0.3) is 0 Å². The van der Waals surface area contributed by atoms with Gasteiger partial charge in [-0.1, -0.05) is 26.7 Å². The number of nitrogens with one attached hydrogen (secondary N) is 1. The predicted octanol–water partition coefficient (Wildman–Crippen LogP) is 3.09. The zero-order valence-corrected chi connectivity index (χ0v) is 9.56. The van der Waals surface area contributed by atoms with Gasteiger partial charge in [0, 0.05) is 11.4 Å². The normalized spacial score (nSPS) is 20.0. The highest BCUT2D eigenvalue weighted by molar-refractivity contribution is 5.96. The smallest absolute Gasteiger partial charge is 0.0334 e. The van der Waals surface area contributed by atoms with Crippen molar-refractivity contribution in [1.82, 2.24) is 0 Å². The lowest BCUT2D eigenvalue weighted by molar-refractivity contribution is 0.631. The SMILES string of the molecule is CC(=N)/C(=C(\N)C(C)C)C1CCCC1. The van der Waals surface area contributed by atoms with Crippen molar-refractivity contribution in [2.75, 3.05) is 0 Å². The largest absolute Gasteiger partial charge is 0.402 e. The quantitative estimate of drug-likeness (QED) is 0.666. The van der Waals surface area contributed by atoms with E-state index in [4.69, 9.17) is 11.1 Å². The average molecular weight is 194 g/mol. The van der Waals surface area contributed by atoms with Crippen molar-refractivity contribution in [3.63, 3.8) is 0 Å². The van der Waals surface area contributed by atoms with Crippen LogP contribution in [0, 0.1) is 17.2 Å². The minimum Gasteiger partial charge on any atom is -0.402 e. The summed E-state index contributed by atoms with van der Waals surface area (Å²) >= 11 is 0. The molecule has 0 aromatic carbocycles. The standard InChI is InChI=1S/C12H22N2/c1-8(2)12(14)11(9(3)13)10-6-4-5-7-10/h8,10,13H,4-7,14H2,1-3H3/b12-11+,13-9?. The Morgan fingerprint density at radius 3 is 2.14 bits per heavy atom. The average Bonchev–Trinajstić information content (AvgIpc) is 2.56. The molecule has 14 heavy (non-hydrogen) atoms. The molecule has 80 valence electrons. The molecule has 0 aromatic heterocycles. The van der Waals surface area contributed by atoms with Gasteiger partial charge in [-0.3, -0.25) is 0 Å². The van der Waals surface area contributed by atoms with E-state index in [1.165, 1.54) is 25.7 Å². The number of hydrogen-bond donors (Lipinski definition) is 2. The summed E-state index contributed by atoms with van der Waals surface area (Å²) < 4.78 is 0. The van der Waals surface area contributed by atoms with E-state index < -0.39 is 0 Å². The molecule has 0 saturated heterocycles. The van der Waals surface area contributed by atoms with E-state index in [2.05, 4.69) is 13.8 Å². The Morgan fingerprint density at radius 1 is 1.29 bits per heavy atom. The first kappa shape index (κ1) is 11.3. The van der Waals surface area contributed by atoms with E-state index in [-0.39, 0.29) is 0 Å². The van der Waals surface area contributed by atoms with Crippen LogP contribution in [-0.4, -0.2) is 5.71 Å². The molecule has 1 saturated carbocycles. The first-order chi connectivity index (χ1) is 6.54. The van der Waals surface area contributed by atoms with E-state index in [0.717, 1.165) is 11.3 Å². The highest BCUT2D eigenvalue weighted by atomic mass is 14.6. The summed E-state index contributed by atoms with van der Waals surface area (Å²) in [6.07, 6.45) is 5.04. The molecule has 1 aliphatic carbocycles. The van der Waals surface area contributed by atoms with Gasteiger partial charge in [-0.2, -0.15) is 0 Å². The number of hydrogen-bond acceptors (Lipinski definition) is 2. The van der Waals surface area contributed by atoms with Crippen molar-refractivity contribution in [3.05, 3.63) is 11.3 Å². The molecule has 0 spiro atoms.